The third-order valence-electron chi connectivity index (χ3n) is 2.59. The summed E-state index contributed by atoms with van der Waals surface area (Å²) in [6.07, 6.45) is -0.0455. The Labute approximate surface area is 119 Å². The van der Waals surface area contributed by atoms with Gasteiger partial charge in [-0.15, -0.1) is 0 Å². The molecule has 0 saturated heterocycles. The Morgan fingerprint density at radius 1 is 1.15 bits per heavy atom. The van der Waals surface area contributed by atoms with Crippen LogP contribution in [0.1, 0.15) is 5.56 Å². The zero-order valence-corrected chi connectivity index (χ0v) is 11.2. The molecule has 5 nitrogen and oxygen atoms in total. The van der Waals surface area contributed by atoms with Crippen LogP contribution in [0.4, 0.5) is 5.69 Å². The quantitative estimate of drug-likeness (QED) is 0.674. The van der Waals surface area contributed by atoms with E-state index in [0.717, 1.165) is 15.4 Å². The van der Waals surface area contributed by atoms with Crippen molar-refractivity contribution in [3.63, 3.8) is 0 Å². The van der Waals surface area contributed by atoms with Gasteiger partial charge in [-0.3, -0.25) is 14.9 Å². The zero-order chi connectivity index (χ0) is 14.5. The van der Waals surface area contributed by atoms with Crippen LogP contribution in [0.5, 0.6) is 0 Å². The highest BCUT2D eigenvalue weighted by Gasteiger charge is 2.09. The van der Waals surface area contributed by atoms with Gasteiger partial charge in [0, 0.05) is 21.9 Å². The zero-order valence-electron chi connectivity index (χ0n) is 10.4. The van der Waals surface area contributed by atoms with E-state index in [9.17, 15) is 14.9 Å². The highest BCUT2D eigenvalue weighted by Crippen LogP contribution is 2.31. The van der Waals surface area contributed by atoms with Gasteiger partial charge in [-0.25, -0.2) is 0 Å². The van der Waals surface area contributed by atoms with Gasteiger partial charge >= 0.3 is 5.97 Å². The molecule has 0 atom stereocenters. The van der Waals surface area contributed by atoms with E-state index in [1.54, 1.807) is 24.3 Å². The molecule has 0 aliphatic rings. The van der Waals surface area contributed by atoms with Crippen LogP contribution in [0.3, 0.4) is 0 Å². The second-order valence-electron chi connectivity index (χ2n) is 4.03. The van der Waals surface area contributed by atoms with E-state index >= 15 is 0 Å². The minimum atomic E-state index is -0.887. The molecular formula is C14H11NO4S. The maximum Gasteiger partial charge on any atom is 0.307 e. The molecule has 1 N–H and O–H groups in total. The summed E-state index contributed by atoms with van der Waals surface area (Å²) in [6, 6.07) is 13.4. The topological polar surface area (TPSA) is 80.4 Å². The number of nitro groups is 1. The Morgan fingerprint density at radius 3 is 2.40 bits per heavy atom. The molecule has 0 amide bonds. The van der Waals surface area contributed by atoms with Crippen molar-refractivity contribution in [1.82, 2.24) is 0 Å². The molecular weight excluding hydrogens is 278 g/mol. The fraction of sp³-hybridized carbons (Fsp3) is 0.0714. The summed E-state index contributed by atoms with van der Waals surface area (Å²) in [4.78, 5) is 22.6. The Kier molecular flexibility index (Phi) is 4.37. The number of benzene rings is 2. The van der Waals surface area contributed by atoms with E-state index in [0.29, 0.717) is 0 Å². The summed E-state index contributed by atoms with van der Waals surface area (Å²) >= 11 is 1.39. The standard InChI is InChI=1S/C14H11NO4S/c16-14(17)9-10-3-1-2-4-13(10)20-12-7-5-11(6-8-12)15(18)19/h1-8H,9H2,(H,16,17). The molecule has 0 aromatic heterocycles. The molecule has 2 rings (SSSR count). The SMILES string of the molecule is O=C(O)Cc1ccccc1Sc1ccc([N+](=O)[O-])cc1. The molecule has 20 heavy (non-hydrogen) atoms. The summed E-state index contributed by atoms with van der Waals surface area (Å²) in [5.41, 5.74) is 0.761. The molecule has 0 saturated carbocycles. The number of hydrogen-bond donors (Lipinski definition) is 1. The van der Waals surface area contributed by atoms with Crippen molar-refractivity contribution in [1.29, 1.82) is 0 Å². The average Bonchev–Trinajstić information content (AvgIpc) is 2.41. The van der Waals surface area contributed by atoms with E-state index in [-0.39, 0.29) is 12.1 Å². The van der Waals surface area contributed by atoms with Gasteiger partial charge in [0.05, 0.1) is 11.3 Å². The lowest BCUT2D eigenvalue weighted by Crippen LogP contribution is -2.01. The highest BCUT2D eigenvalue weighted by atomic mass is 32.2. The Hall–Kier alpha value is -2.34. The number of nitrogens with zero attached hydrogens (tertiary/aromatic N) is 1. The lowest BCUT2D eigenvalue weighted by Gasteiger charge is -2.07. The number of nitro benzene ring substituents is 1. The molecule has 0 heterocycles. The van der Waals surface area contributed by atoms with Gasteiger partial charge in [-0.2, -0.15) is 0 Å². The summed E-state index contributed by atoms with van der Waals surface area (Å²) in [6.45, 7) is 0. The molecule has 2 aromatic carbocycles. The molecule has 0 spiro atoms. The number of hydrogen-bond acceptors (Lipinski definition) is 4. The molecule has 6 heteroatoms. The smallest absolute Gasteiger partial charge is 0.307 e. The van der Waals surface area contributed by atoms with E-state index < -0.39 is 10.9 Å². The fourth-order valence-electron chi connectivity index (χ4n) is 1.68. The van der Waals surface area contributed by atoms with Crippen molar-refractivity contribution in [2.24, 2.45) is 0 Å². The van der Waals surface area contributed by atoms with Crippen LogP contribution >= 0.6 is 11.8 Å². The van der Waals surface area contributed by atoms with Crippen LogP contribution in [0.25, 0.3) is 0 Å². The maximum absolute atomic E-state index is 10.8. The number of carbonyl (C=O) groups is 1. The van der Waals surface area contributed by atoms with Crippen molar-refractivity contribution >= 4 is 23.4 Å². The lowest BCUT2D eigenvalue weighted by atomic mass is 10.1. The molecule has 102 valence electrons. The highest BCUT2D eigenvalue weighted by molar-refractivity contribution is 7.99. The van der Waals surface area contributed by atoms with Crippen molar-refractivity contribution in [2.45, 2.75) is 16.2 Å². The lowest BCUT2D eigenvalue weighted by molar-refractivity contribution is -0.384. The average molecular weight is 289 g/mol. The molecule has 0 unspecified atom stereocenters. The predicted octanol–water partition coefficient (Wildman–Crippen LogP) is 3.37. The monoisotopic (exact) mass is 289 g/mol. The minimum absolute atomic E-state index is 0.0353. The second kappa shape index (κ2) is 6.21. The van der Waals surface area contributed by atoms with E-state index in [2.05, 4.69) is 0 Å². The predicted molar refractivity (Wildman–Crippen MR) is 75.0 cm³/mol. The molecule has 0 bridgehead atoms. The van der Waals surface area contributed by atoms with Gasteiger partial charge in [-0.05, 0) is 23.8 Å². The number of aliphatic carboxylic acids is 1. The Bertz CT molecular complexity index is 640. The minimum Gasteiger partial charge on any atom is -0.481 e. The molecule has 0 fully saturated rings. The van der Waals surface area contributed by atoms with Crippen LogP contribution in [-0.2, 0) is 11.2 Å². The van der Waals surface area contributed by atoms with E-state index in [1.165, 1.54) is 23.9 Å². The number of non-ortho nitro benzene ring substituents is 1. The van der Waals surface area contributed by atoms with Crippen molar-refractivity contribution in [3.05, 3.63) is 64.2 Å². The molecule has 2 aromatic rings. The van der Waals surface area contributed by atoms with Gasteiger partial charge in [0.25, 0.3) is 5.69 Å². The van der Waals surface area contributed by atoms with Gasteiger partial charge in [0.15, 0.2) is 0 Å². The first-order valence-corrected chi connectivity index (χ1v) is 6.60. The Morgan fingerprint density at radius 2 is 1.80 bits per heavy atom. The largest absolute Gasteiger partial charge is 0.481 e. The van der Waals surface area contributed by atoms with Crippen LogP contribution in [0, 0.1) is 10.1 Å². The number of carboxylic acid groups (broad SMARTS) is 1. The van der Waals surface area contributed by atoms with Gasteiger partial charge < -0.3 is 5.11 Å². The first-order valence-electron chi connectivity index (χ1n) is 5.78. The second-order valence-corrected chi connectivity index (χ2v) is 5.15. The van der Waals surface area contributed by atoms with Gasteiger partial charge in [-0.1, -0.05) is 30.0 Å². The normalized spacial score (nSPS) is 10.2. The van der Waals surface area contributed by atoms with Crippen molar-refractivity contribution < 1.29 is 14.8 Å². The van der Waals surface area contributed by atoms with E-state index in [1.807, 2.05) is 12.1 Å². The Balaban J connectivity index is 2.21. The van der Waals surface area contributed by atoms with Crippen LogP contribution < -0.4 is 0 Å². The molecule has 0 radical (unpaired) electrons. The maximum atomic E-state index is 10.8. The molecule has 0 aliphatic heterocycles. The van der Waals surface area contributed by atoms with Crippen LogP contribution in [-0.4, -0.2) is 16.0 Å². The van der Waals surface area contributed by atoms with Gasteiger partial charge in [0.1, 0.15) is 0 Å². The third kappa shape index (κ3) is 3.58. The summed E-state index contributed by atoms with van der Waals surface area (Å²) < 4.78 is 0. The fourth-order valence-corrected chi connectivity index (χ4v) is 2.62. The van der Waals surface area contributed by atoms with Crippen LogP contribution in [0.2, 0.25) is 0 Å². The van der Waals surface area contributed by atoms with E-state index in [4.69, 9.17) is 5.11 Å². The third-order valence-corrected chi connectivity index (χ3v) is 3.72. The van der Waals surface area contributed by atoms with Crippen molar-refractivity contribution in [3.8, 4) is 0 Å². The number of carboxylic acids is 1. The summed E-state index contributed by atoms with van der Waals surface area (Å²) in [7, 11) is 0. The summed E-state index contributed by atoms with van der Waals surface area (Å²) in [5, 5.41) is 19.5. The number of rotatable bonds is 5. The first-order chi connectivity index (χ1) is 9.56. The summed E-state index contributed by atoms with van der Waals surface area (Å²) in [5.74, 6) is -0.887. The first kappa shape index (κ1) is 14.1. The van der Waals surface area contributed by atoms with Crippen LogP contribution in [0.15, 0.2) is 58.3 Å². The van der Waals surface area contributed by atoms with Gasteiger partial charge in [0.2, 0.25) is 0 Å². The van der Waals surface area contributed by atoms with Crippen molar-refractivity contribution in [2.75, 3.05) is 0 Å². The molecule has 0 aliphatic carbocycles.